The van der Waals surface area contributed by atoms with Crippen molar-refractivity contribution in [2.45, 2.75) is 0 Å². The van der Waals surface area contributed by atoms with Crippen LogP contribution in [0.1, 0.15) is 0 Å². The number of hydrogen-bond donors (Lipinski definition) is 0. The van der Waals surface area contributed by atoms with Gasteiger partial charge in [0.05, 0.1) is 11.2 Å². The number of rotatable bonds is 3. The average Bonchev–Trinajstić information content (AvgIpc) is 3.69. The third-order valence-electron chi connectivity index (χ3n) is 9.26. The second-order valence-corrected chi connectivity index (χ2v) is 12.9. The topological polar surface area (TPSA) is 26.0 Å². The molecule has 46 heavy (non-hydrogen) atoms. The summed E-state index contributed by atoms with van der Waals surface area (Å²) in [5.41, 5.74) is 9.61. The molecule has 3 heteroatoms. The van der Waals surface area contributed by atoms with Crippen LogP contribution >= 0.6 is 11.3 Å². The Morgan fingerprint density at radius 2 is 1.15 bits per heavy atom. The molecule has 10 rings (SSSR count). The van der Waals surface area contributed by atoms with Gasteiger partial charge >= 0.3 is 0 Å². The fraction of sp³-hybridized carbons (Fsp3) is 0. The summed E-state index contributed by atoms with van der Waals surface area (Å²) in [6, 6.07) is 54.1. The fourth-order valence-corrected chi connectivity index (χ4v) is 8.45. The van der Waals surface area contributed by atoms with Gasteiger partial charge in [-0.3, -0.25) is 0 Å². The Labute approximate surface area is 268 Å². The molecule has 0 aliphatic carbocycles. The molecule has 0 saturated carbocycles. The van der Waals surface area contributed by atoms with Crippen molar-refractivity contribution in [1.29, 1.82) is 0 Å². The first kappa shape index (κ1) is 25.5. The van der Waals surface area contributed by atoms with Crippen molar-refractivity contribution in [2.75, 3.05) is 0 Å². The van der Waals surface area contributed by atoms with E-state index in [1.807, 2.05) is 17.4 Å². The Kier molecular flexibility index (Phi) is 5.48. The number of para-hydroxylation sites is 2. The second kappa shape index (κ2) is 9.87. The van der Waals surface area contributed by atoms with Crippen molar-refractivity contribution in [3.63, 3.8) is 0 Å². The van der Waals surface area contributed by atoms with E-state index in [1.54, 1.807) is 0 Å². The van der Waals surface area contributed by atoms with Crippen molar-refractivity contribution in [3.8, 4) is 33.5 Å². The molecule has 0 atom stereocenters. The maximum atomic E-state index is 6.57. The lowest BCUT2D eigenvalue weighted by Crippen LogP contribution is -1.93. The largest absolute Gasteiger partial charge is 0.456 e. The Bertz CT molecular complexity index is 2790. The van der Waals surface area contributed by atoms with Gasteiger partial charge in [-0.1, -0.05) is 127 Å². The molecular formula is C43H25NOS. The van der Waals surface area contributed by atoms with E-state index in [2.05, 4.69) is 146 Å². The lowest BCUT2D eigenvalue weighted by molar-refractivity contribution is 0.669. The first-order valence-electron chi connectivity index (χ1n) is 15.5. The van der Waals surface area contributed by atoms with Crippen molar-refractivity contribution >= 4 is 75.1 Å². The first-order valence-corrected chi connectivity index (χ1v) is 16.4. The van der Waals surface area contributed by atoms with E-state index in [0.717, 1.165) is 55.0 Å². The summed E-state index contributed by atoms with van der Waals surface area (Å²) < 4.78 is 9.22. The molecule has 0 amide bonds. The zero-order valence-corrected chi connectivity index (χ0v) is 25.5. The summed E-state index contributed by atoms with van der Waals surface area (Å²) in [5, 5.41) is 8.32. The summed E-state index contributed by atoms with van der Waals surface area (Å²) in [7, 11) is 0. The molecule has 3 heterocycles. The van der Waals surface area contributed by atoms with Gasteiger partial charge < -0.3 is 4.42 Å². The van der Waals surface area contributed by atoms with E-state index in [4.69, 9.17) is 9.40 Å². The molecule has 0 aliphatic heterocycles. The van der Waals surface area contributed by atoms with Gasteiger partial charge in [0.25, 0.3) is 0 Å². The summed E-state index contributed by atoms with van der Waals surface area (Å²) in [4.78, 5) is 5.23. The summed E-state index contributed by atoms with van der Waals surface area (Å²) >= 11 is 1.87. The Morgan fingerprint density at radius 3 is 2.02 bits per heavy atom. The summed E-state index contributed by atoms with van der Waals surface area (Å²) in [6.07, 6.45) is 0. The number of nitrogens with zero attached hydrogens (tertiary/aromatic N) is 1. The van der Waals surface area contributed by atoms with Crippen LogP contribution in [0.3, 0.4) is 0 Å². The van der Waals surface area contributed by atoms with E-state index in [0.29, 0.717) is 0 Å². The van der Waals surface area contributed by atoms with Gasteiger partial charge in [-0.25, -0.2) is 4.98 Å². The number of benzene rings is 7. The van der Waals surface area contributed by atoms with Gasteiger partial charge in [0.15, 0.2) is 0 Å². The summed E-state index contributed by atoms with van der Waals surface area (Å²) in [6.45, 7) is 0. The highest BCUT2D eigenvalue weighted by atomic mass is 32.1. The summed E-state index contributed by atoms with van der Waals surface area (Å²) in [5.74, 6) is 0. The lowest BCUT2D eigenvalue weighted by atomic mass is 9.89. The molecule has 0 spiro atoms. The molecule has 0 N–H and O–H groups in total. The molecule has 0 unspecified atom stereocenters. The number of pyridine rings is 1. The highest BCUT2D eigenvalue weighted by Gasteiger charge is 2.21. The fourth-order valence-electron chi connectivity index (χ4n) is 7.21. The van der Waals surface area contributed by atoms with Crippen molar-refractivity contribution < 1.29 is 4.42 Å². The number of hydrogen-bond acceptors (Lipinski definition) is 3. The van der Waals surface area contributed by atoms with E-state index >= 15 is 0 Å². The standard InChI is InChI=1S/C43H25NOS/c1-2-11-28(12-3-1)42-34-25-37-41(33-15-5-8-19-36(33)45-37)39(40(34)32-14-4-7-18-35(32)44-42)27-23-21-26(22-24-27)29-16-10-17-31-30-13-6-9-20-38(30)46-43(29)31/h1-25H. The van der Waals surface area contributed by atoms with Crippen LogP contribution < -0.4 is 0 Å². The molecule has 0 radical (unpaired) electrons. The van der Waals surface area contributed by atoms with Crippen LogP contribution in [-0.4, -0.2) is 4.98 Å². The number of fused-ring (bicyclic) bond motifs is 9. The van der Waals surface area contributed by atoms with Gasteiger partial charge in [-0.15, -0.1) is 11.3 Å². The lowest BCUT2D eigenvalue weighted by Gasteiger charge is -2.16. The number of thiophene rings is 1. The monoisotopic (exact) mass is 603 g/mol. The van der Waals surface area contributed by atoms with E-state index in [9.17, 15) is 0 Å². The maximum absolute atomic E-state index is 6.57. The van der Waals surface area contributed by atoms with Crippen LogP contribution in [0.2, 0.25) is 0 Å². The van der Waals surface area contributed by atoms with Crippen LogP contribution in [0.4, 0.5) is 0 Å². The quantitative estimate of drug-likeness (QED) is 0.188. The normalized spacial score (nSPS) is 11.9. The molecular weight excluding hydrogens is 579 g/mol. The van der Waals surface area contributed by atoms with Crippen molar-refractivity contribution in [1.82, 2.24) is 4.98 Å². The van der Waals surface area contributed by atoms with E-state index in [1.165, 1.54) is 42.2 Å². The minimum absolute atomic E-state index is 0.872. The zero-order chi connectivity index (χ0) is 30.2. The maximum Gasteiger partial charge on any atom is 0.136 e. The second-order valence-electron chi connectivity index (χ2n) is 11.8. The van der Waals surface area contributed by atoms with Gasteiger partial charge in [0.1, 0.15) is 11.2 Å². The number of furan rings is 1. The van der Waals surface area contributed by atoms with Crippen LogP contribution in [0.25, 0.3) is 97.3 Å². The predicted octanol–water partition coefficient (Wildman–Crippen LogP) is 12.7. The molecule has 7 aromatic carbocycles. The highest BCUT2D eigenvalue weighted by molar-refractivity contribution is 7.26. The van der Waals surface area contributed by atoms with E-state index in [-0.39, 0.29) is 0 Å². The predicted molar refractivity (Wildman–Crippen MR) is 196 cm³/mol. The van der Waals surface area contributed by atoms with Crippen LogP contribution in [0, 0.1) is 0 Å². The molecule has 0 aliphatic rings. The van der Waals surface area contributed by atoms with Crippen molar-refractivity contribution in [2.24, 2.45) is 0 Å². The van der Waals surface area contributed by atoms with Gasteiger partial charge in [0, 0.05) is 58.2 Å². The SMILES string of the molecule is c1ccc(-c2nc3ccccc3c3c(-c4ccc(-c5cccc6c5sc5ccccc56)cc4)c4c(cc23)oc2ccccc24)cc1. The van der Waals surface area contributed by atoms with Gasteiger partial charge in [-0.05, 0) is 41.0 Å². The smallest absolute Gasteiger partial charge is 0.136 e. The molecule has 0 fully saturated rings. The molecule has 2 nitrogen and oxygen atoms in total. The minimum Gasteiger partial charge on any atom is -0.456 e. The third-order valence-corrected chi connectivity index (χ3v) is 10.5. The molecule has 0 saturated heterocycles. The van der Waals surface area contributed by atoms with Gasteiger partial charge in [-0.2, -0.15) is 0 Å². The van der Waals surface area contributed by atoms with Gasteiger partial charge in [0.2, 0.25) is 0 Å². The Morgan fingerprint density at radius 1 is 0.457 bits per heavy atom. The third kappa shape index (κ3) is 3.73. The van der Waals surface area contributed by atoms with Crippen LogP contribution in [0.5, 0.6) is 0 Å². The Hall–Kier alpha value is -5.77. The molecule has 214 valence electrons. The molecule has 0 bridgehead atoms. The van der Waals surface area contributed by atoms with Crippen LogP contribution in [-0.2, 0) is 0 Å². The van der Waals surface area contributed by atoms with Crippen molar-refractivity contribution in [3.05, 3.63) is 152 Å². The highest BCUT2D eigenvalue weighted by Crippen LogP contribution is 2.47. The Balaban J connectivity index is 1.29. The zero-order valence-electron chi connectivity index (χ0n) is 24.7. The molecule has 3 aromatic heterocycles. The average molecular weight is 604 g/mol. The first-order chi connectivity index (χ1) is 22.8. The van der Waals surface area contributed by atoms with E-state index < -0.39 is 0 Å². The number of aromatic nitrogens is 1. The minimum atomic E-state index is 0.872. The molecule has 10 aromatic rings. The van der Waals surface area contributed by atoms with Crippen LogP contribution in [0.15, 0.2) is 156 Å².